The molecule has 1 aliphatic heterocycles. The van der Waals surface area contributed by atoms with Crippen molar-refractivity contribution in [3.8, 4) is 0 Å². The zero-order valence-electron chi connectivity index (χ0n) is 11.8. The van der Waals surface area contributed by atoms with Crippen molar-refractivity contribution < 1.29 is 18.8 Å². The number of likely N-dealkylation sites (N-methyl/N-ethyl adjacent to an activating group) is 1. The third kappa shape index (κ3) is 3.40. The fourth-order valence-electron chi connectivity index (χ4n) is 2.67. The molecule has 5 nitrogen and oxygen atoms in total. The number of hydrogen-bond acceptors (Lipinski definition) is 3. The van der Waals surface area contributed by atoms with E-state index in [2.05, 4.69) is 4.90 Å². The highest BCUT2D eigenvalue weighted by molar-refractivity contribution is 7.55. The minimum atomic E-state index is -4.21. The Morgan fingerprint density at radius 1 is 1.36 bits per heavy atom. The van der Waals surface area contributed by atoms with Gasteiger partial charge in [0.1, 0.15) is 11.3 Å². The fourth-order valence-corrected chi connectivity index (χ4v) is 3.25. The lowest BCUT2D eigenvalue weighted by Crippen LogP contribution is -2.18. The summed E-state index contributed by atoms with van der Waals surface area (Å²) in [6.45, 7) is 1.52. The summed E-state index contributed by atoms with van der Waals surface area (Å²) >= 11 is 6.29. The van der Waals surface area contributed by atoms with Crippen LogP contribution in [-0.2, 0) is 17.5 Å². The van der Waals surface area contributed by atoms with Crippen molar-refractivity contribution in [3.63, 3.8) is 0 Å². The second-order valence-electron chi connectivity index (χ2n) is 5.24. The number of hydrogen-bond donors (Lipinski definition) is 2. The van der Waals surface area contributed by atoms with Crippen molar-refractivity contribution in [1.82, 2.24) is 4.90 Å². The second-order valence-corrected chi connectivity index (χ2v) is 7.12. The van der Waals surface area contributed by atoms with Crippen molar-refractivity contribution >= 4 is 48.6 Å². The molecular formula is C14H16Cl2NO4P. The van der Waals surface area contributed by atoms with Gasteiger partial charge in [0, 0.05) is 34.9 Å². The molecule has 1 aromatic carbocycles. The molecule has 0 saturated carbocycles. The van der Waals surface area contributed by atoms with Gasteiger partial charge in [0.15, 0.2) is 0 Å². The van der Waals surface area contributed by atoms with Crippen LogP contribution in [0.2, 0.25) is 5.02 Å². The smallest absolute Gasteiger partial charge is 0.349 e. The summed E-state index contributed by atoms with van der Waals surface area (Å²) in [5, 5.41) is 1.67. The lowest BCUT2D eigenvalue weighted by molar-refractivity contribution is 0.334. The van der Waals surface area contributed by atoms with Crippen molar-refractivity contribution in [1.29, 1.82) is 0 Å². The van der Waals surface area contributed by atoms with Crippen molar-refractivity contribution in [2.24, 2.45) is 0 Å². The first kappa shape index (κ1) is 17.5. The molecule has 2 N–H and O–H groups in total. The van der Waals surface area contributed by atoms with Crippen LogP contribution in [-0.4, -0.2) is 28.3 Å². The van der Waals surface area contributed by atoms with Gasteiger partial charge in [-0.3, -0.25) is 4.57 Å². The largest absolute Gasteiger partial charge is 0.456 e. The van der Waals surface area contributed by atoms with E-state index in [4.69, 9.17) is 25.8 Å². The van der Waals surface area contributed by atoms with Crippen LogP contribution in [0, 0.1) is 0 Å². The molecule has 0 aliphatic carbocycles. The highest BCUT2D eigenvalue weighted by Crippen LogP contribution is 2.40. The normalized spacial score (nSPS) is 16.0. The third-order valence-electron chi connectivity index (χ3n) is 3.63. The minimum absolute atomic E-state index is 0. The number of rotatable bonds is 2. The van der Waals surface area contributed by atoms with Crippen LogP contribution in [0.4, 0.5) is 0 Å². The van der Waals surface area contributed by atoms with Gasteiger partial charge in [-0.15, -0.1) is 12.4 Å². The molecule has 0 spiro atoms. The average Bonchev–Trinajstić information content (AvgIpc) is 2.62. The molecule has 0 bridgehead atoms. The molecule has 0 amide bonds. The quantitative estimate of drug-likeness (QED) is 0.796. The first-order valence-electron chi connectivity index (χ1n) is 6.51. The van der Waals surface area contributed by atoms with E-state index in [1.54, 1.807) is 12.1 Å². The molecule has 1 aliphatic rings. The fraction of sp³-hybridized carbons (Fsp3) is 0.286. The predicted octanol–water partition coefficient (Wildman–Crippen LogP) is 3.64. The highest BCUT2D eigenvalue weighted by atomic mass is 35.5. The summed E-state index contributed by atoms with van der Waals surface area (Å²) < 4.78 is 16.8. The van der Waals surface area contributed by atoms with Crippen LogP contribution in [0.15, 0.2) is 22.4 Å². The van der Waals surface area contributed by atoms with Gasteiger partial charge in [0.2, 0.25) is 0 Å². The summed E-state index contributed by atoms with van der Waals surface area (Å²) in [6, 6.07) is 3.60. The summed E-state index contributed by atoms with van der Waals surface area (Å²) in [6.07, 6.45) is 2.17. The van der Waals surface area contributed by atoms with Crippen LogP contribution < -0.4 is 0 Å². The molecule has 0 fully saturated rings. The van der Waals surface area contributed by atoms with Crippen LogP contribution in [0.25, 0.3) is 17.0 Å². The standard InChI is InChI=1S/C14H15ClNO4P.ClH/c1-16-6-4-9-11(15)2-3-13-14(9)10(8-16)12(20-13)5-7-21(17,18)19;/h2-3,5,7H,4,6,8H2,1H3,(H2,17,18,19);1H/b7-5+;. The van der Waals surface area contributed by atoms with Gasteiger partial charge in [0.05, 0.1) is 0 Å². The van der Waals surface area contributed by atoms with Crippen molar-refractivity contribution in [2.75, 3.05) is 13.6 Å². The zero-order valence-corrected chi connectivity index (χ0v) is 14.3. The molecule has 0 radical (unpaired) electrons. The maximum absolute atomic E-state index is 11.0. The molecule has 2 aromatic rings. The molecule has 0 atom stereocenters. The van der Waals surface area contributed by atoms with Gasteiger partial charge in [-0.25, -0.2) is 0 Å². The molecule has 2 heterocycles. The minimum Gasteiger partial charge on any atom is -0.456 e. The maximum Gasteiger partial charge on any atom is 0.349 e. The Kier molecular flexibility index (Phi) is 5.07. The summed E-state index contributed by atoms with van der Waals surface area (Å²) in [7, 11) is -2.22. The Bertz CT molecular complexity index is 781. The maximum atomic E-state index is 11.0. The molecule has 1 aromatic heterocycles. The molecule has 0 saturated heterocycles. The Morgan fingerprint density at radius 3 is 2.77 bits per heavy atom. The lowest BCUT2D eigenvalue weighted by atomic mass is 10.0. The van der Waals surface area contributed by atoms with Crippen LogP contribution in [0.3, 0.4) is 0 Å². The monoisotopic (exact) mass is 363 g/mol. The average molecular weight is 364 g/mol. The van der Waals surface area contributed by atoms with E-state index in [0.717, 1.165) is 35.3 Å². The summed E-state index contributed by atoms with van der Waals surface area (Å²) in [4.78, 5) is 20.1. The SMILES string of the molecule is CN1CCc2c(Cl)ccc3oc(/C=C/P(=O)(O)O)c(c23)C1.Cl. The van der Waals surface area contributed by atoms with E-state index in [-0.39, 0.29) is 12.4 Å². The van der Waals surface area contributed by atoms with Gasteiger partial charge in [-0.2, -0.15) is 0 Å². The van der Waals surface area contributed by atoms with E-state index in [9.17, 15) is 4.57 Å². The zero-order chi connectivity index (χ0) is 15.2. The molecule has 22 heavy (non-hydrogen) atoms. The molecule has 8 heteroatoms. The van der Waals surface area contributed by atoms with E-state index >= 15 is 0 Å². The Morgan fingerprint density at radius 2 is 2.09 bits per heavy atom. The van der Waals surface area contributed by atoms with Gasteiger partial charge in [0.25, 0.3) is 0 Å². The molecule has 0 unspecified atom stereocenters. The van der Waals surface area contributed by atoms with Crippen molar-refractivity contribution in [3.05, 3.63) is 39.9 Å². The number of halogens is 2. The van der Waals surface area contributed by atoms with Crippen molar-refractivity contribution in [2.45, 2.75) is 13.0 Å². The molecule has 3 rings (SSSR count). The number of furan rings is 1. The molecular weight excluding hydrogens is 348 g/mol. The first-order valence-corrected chi connectivity index (χ1v) is 8.57. The Balaban J connectivity index is 0.00000176. The van der Waals surface area contributed by atoms with Crippen LogP contribution in [0.5, 0.6) is 0 Å². The lowest BCUT2D eigenvalue weighted by Gasteiger charge is -2.12. The Hall–Kier alpha value is -0.810. The van der Waals surface area contributed by atoms with E-state index in [0.29, 0.717) is 22.9 Å². The topological polar surface area (TPSA) is 73.9 Å². The van der Waals surface area contributed by atoms with E-state index < -0.39 is 7.60 Å². The summed E-state index contributed by atoms with van der Waals surface area (Å²) in [5.41, 5.74) is 2.66. The van der Waals surface area contributed by atoms with E-state index in [1.165, 1.54) is 6.08 Å². The number of nitrogens with zero attached hydrogens (tertiary/aromatic N) is 1. The Labute approximate surface area is 139 Å². The first-order chi connectivity index (χ1) is 9.85. The predicted molar refractivity (Wildman–Crippen MR) is 89.6 cm³/mol. The number of benzene rings is 1. The molecule has 120 valence electrons. The van der Waals surface area contributed by atoms with Crippen LogP contribution in [0.1, 0.15) is 16.9 Å². The van der Waals surface area contributed by atoms with Gasteiger partial charge < -0.3 is 19.1 Å². The van der Waals surface area contributed by atoms with Gasteiger partial charge in [-0.1, -0.05) is 11.6 Å². The van der Waals surface area contributed by atoms with Gasteiger partial charge in [-0.05, 0) is 37.2 Å². The van der Waals surface area contributed by atoms with Gasteiger partial charge >= 0.3 is 7.60 Å². The van der Waals surface area contributed by atoms with Crippen LogP contribution >= 0.6 is 31.6 Å². The summed E-state index contributed by atoms with van der Waals surface area (Å²) in [5.74, 6) is 1.35. The third-order valence-corrected chi connectivity index (χ3v) is 4.52. The highest BCUT2D eigenvalue weighted by Gasteiger charge is 2.22. The van der Waals surface area contributed by atoms with E-state index in [1.807, 2.05) is 7.05 Å². The second kappa shape index (κ2) is 6.36.